The van der Waals surface area contributed by atoms with Gasteiger partial charge in [-0.2, -0.15) is 0 Å². The highest BCUT2D eigenvalue weighted by molar-refractivity contribution is 6.01. The maximum Gasteiger partial charge on any atom is 0.190 e. The van der Waals surface area contributed by atoms with E-state index in [-0.39, 0.29) is 36.4 Å². The lowest BCUT2D eigenvalue weighted by Crippen LogP contribution is -2.63. The van der Waals surface area contributed by atoms with Crippen molar-refractivity contribution in [3.8, 4) is 0 Å². The number of Topliss-reactive ketones (excluding diaryl/α,β-unsaturated/α-hetero) is 1. The molecule has 0 heterocycles. The van der Waals surface area contributed by atoms with Crippen LogP contribution in [0.25, 0.3) is 0 Å². The lowest BCUT2D eigenvalue weighted by molar-refractivity contribution is -0.182. The molecule has 3 saturated carbocycles. The van der Waals surface area contributed by atoms with E-state index < -0.39 is 41.0 Å². The summed E-state index contributed by atoms with van der Waals surface area (Å²) in [7, 11) is 0. The van der Waals surface area contributed by atoms with Gasteiger partial charge < -0.3 is 20.4 Å². The molecule has 0 aromatic rings. The number of hydrogen-bond acceptors (Lipinski definition) is 6. The van der Waals surface area contributed by atoms with Crippen LogP contribution in [0.1, 0.15) is 39.5 Å². The molecule has 0 saturated heterocycles. The average molecular weight is 376 g/mol. The molecule has 6 nitrogen and oxygen atoms in total. The minimum atomic E-state index is -1.65. The van der Waals surface area contributed by atoms with E-state index in [1.165, 1.54) is 12.2 Å². The number of carbonyl (C=O) groups excluding carboxylic acids is 2. The van der Waals surface area contributed by atoms with E-state index >= 15 is 0 Å². The topological polar surface area (TPSA) is 115 Å². The molecule has 4 aliphatic rings. The van der Waals surface area contributed by atoms with Gasteiger partial charge >= 0.3 is 0 Å². The summed E-state index contributed by atoms with van der Waals surface area (Å²) in [5.74, 6) is -1.08. The van der Waals surface area contributed by atoms with Crippen molar-refractivity contribution in [3.05, 3.63) is 23.8 Å². The molecule has 0 spiro atoms. The van der Waals surface area contributed by atoms with Gasteiger partial charge in [-0.25, -0.2) is 0 Å². The normalized spacial score (nSPS) is 51.3. The second-order valence-corrected chi connectivity index (χ2v) is 9.33. The van der Waals surface area contributed by atoms with Crippen molar-refractivity contribution < 1.29 is 30.0 Å². The van der Waals surface area contributed by atoms with Crippen LogP contribution in [0.4, 0.5) is 0 Å². The maximum absolute atomic E-state index is 12.4. The molecule has 8 atom stereocenters. The van der Waals surface area contributed by atoms with E-state index in [4.69, 9.17) is 0 Å². The fraction of sp³-hybridized carbons (Fsp3) is 0.714. The molecule has 0 aliphatic heterocycles. The van der Waals surface area contributed by atoms with Crippen molar-refractivity contribution in [2.24, 2.45) is 28.6 Å². The minimum Gasteiger partial charge on any atom is -0.393 e. The second-order valence-electron chi connectivity index (χ2n) is 9.33. The molecule has 27 heavy (non-hydrogen) atoms. The number of hydrogen-bond donors (Lipinski definition) is 4. The van der Waals surface area contributed by atoms with E-state index in [0.29, 0.717) is 18.4 Å². The standard InChI is InChI=1S/C21H28O6/c1-19-5-3-11(23)7-14(19)15(24)8-12-13-4-6-21(27,17(26)10-22)20(13,2)9-16(25)18(12)19/h3,5,7,12-13,15-16,18,22,24-25,27H,4,6,8-10H2,1-2H3/t12?,13?,15-,16+,18?,19+,20+,21+/m1/s1. The van der Waals surface area contributed by atoms with Crippen LogP contribution in [0.3, 0.4) is 0 Å². The summed E-state index contributed by atoms with van der Waals surface area (Å²) in [4.78, 5) is 24.2. The highest BCUT2D eigenvalue weighted by atomic mass is 16.3. The van der Waals surface area contributed by atoms with Crippen molar-refractivity contribution in [1.82, 2.24) is 0 Å². The molecule has 0 radical (unpaired) electrons. The van der Waals surface area contributed by atoms with E-state index in [2.05, 4.69) is 0 Å². The first-order chi connectivity index (χ1) is 12.6. The van der Waals surface area contributed by atoms with Gasteiger partial charge in [0.1, 0.15) is 12.2 Å². The summed E-state index contributed by atoms with van der Waals surface area (Å²) in [6.45, 7) is 3.06. The molecule has 0 aromatic heterocycles. The first-order valence-electron chi connectivity index (χ1n) is 9.76. The van der Waals surface area contributed by atoms with Crippen LogP contribution >= 0.6 is 0 Å². The Morgan fingerprint density at radius 1 is 1.30 bits per heavy atom. The third kappa shape index (κ3) is 2.27. The van der Waals surface area contributed by atoms with E-state index in [1.54, 1.807) is 6.08 Å². The SMILES string of the molecule is C[C@]12C=CC(=O)C=C1[C@H](O)CC1C2[C@@H](O)C[C@@]2(C)C1CC[C@]2(O)C(=O)CO. The van der Waals surface area contributed by atoms with E-state index in [9.17, 15) is 30.0 Å². The first kappa shape index (κ1) is 19.0. The Bertz CT molecular complexity index is 756. The molecule has 0 aromatic carbocycles. The van der Waals surface area contributed by atoms with Gasteiger partial charge in [0.15, 0.2) is 11.6 Å². The number of aliphatic hydroxyl groups is 4. The largest absolute Gasteiger partial charge is 0.393 e. The Morgan fingerprint density at radius 2 is 2.00 bits per heavy atom. The molecule has 4 aliphatic carbocycles. The fourth-order valence-corrected chi connectivity index (χ4v) is 6.97. The lowest BCUT2D eigenvalue weighted by Gasteiger charge is -2.60. The van der Waals surface area contributed by atoms with Crippen molar-refractivity contribution in [2.75, 3.05) is 6.61 Å². The van der Waals surface area contributed by atoms with Gasteiger partial charge in [-0.05, 0) is 55.2 Å². The number of carbonyl (C=O) groups is 2. The van der Waals surface area contributed by atoms with Crippen LogP contribution < -0.4 is 0 Å². The summed E-state index contributed by atoms with van der Waals surface area (Å²) in [5.41, 5.74) is -2.48. The summed E-state index contributed by atoms with van der Waals surface area (Å²) in [6, 6.07) is 0. The minimum absolute atomic E-state index is 0.0505. The number of fused-ring (bicyclic) bond motifs is 5. The zero-order valence-corrected chi connectivity index (χ0v) is 15.8. The molecular weight excluding hydrogens is 348 g/mol. The van der Waals surface area contributed by atoms with E-state index in [1.807, 2.05) is 13.8 Å². The molecule has 6 heteroatoms. The summed E-state index contributed by atoms with van der Waals surface area (Å²) in [5, 5.41) is 42.5. The Balaban J connectivity index is 1.78. The quantitative estimate of drug-likeness (QED) is 0.559. The van der Waals surface area contributed by atoms with Crippen LogP contribution in [-0.4, -0.2) is 56.4 Å². The smallest absolute Gasteiger partial charge is 0.190 e. The Labute approximate surface area is 158 Å². The van der Waals surface area contributed by atoms with Crippen molar-refractivity contribution in [1.29, 1.82) is 0 Å². The van der Waals surface area contributed by atoms with Crippen LogP contribution in [0, 0.1) is 28.6 Å². The predicted molar refractivity (Wildman–Crippen MR) is 96.4 cm³/mol. The maximum atomic E-state index is 12.4. The fourth-order valence-electron chi connectivity index (χ4n) is 6.97. The van der Waals surface area contributed by atoms with Gasteiger partial charge in [0, 0.05) is 16.7 Å². The lowest BCUT2D eigenvalue weighted by atomic mass is 9.45. The summed E-state index contributed by atoms with van der Waals surface area (Å²) < 4.78 is 0. The molecule has 3 fully saturated rings. The molecule has 4 N–H and O–H groups in total. The Morgan fingerprint density at radius 3 is 2.67 bits per heavy atom. The monoisotopic (exact) mass is 376 g/mol. The van der Waals surface area contributed by atoms with E-state index in [0.717, 1.165) is 0 Å². The third-order valence-electron chi connectivity index (χ3n) is 8.27. The van der Waals surface area contributed by atoms with Crippen LogP contribution in [0.2, 0.25) is 0 Å². The zero-order chi connectivity index (χ0) is 19.8. The van der Waals surface area contributed by atoms with Crippen molar-refractivity contribution in [3.63, 3.8) is 0 Å². The Kier molecular flexibility index (Phi) is 4.10. The van der Waals surface area contributed by atoms with Gasteiger partial charge in [-0.3, -0.25) is 9.59 Å². The van der Waals surface area contributed by atoms with Gasteiger partial charge in [-0.15, -0.1) is 0 Å². The second kappa shape index (κ2) is 5.83. The molecule has 0 bridgehead atoms. The van der Waals surface area contributed by atoms with Crippen LogP contribution in [-0.2, 0) is 9.59 Å². The van der Waals surface area contributed by atoms with Crippen LogP contribution in [0.15, 0.2) is 23.8 Å². The van der Waals surface area contributed by atoms with Crippen LogP contribution in [0.5, 0.6) is 0 Å². The first-order valence-corrected chi connectivity index (χ1v) is 9.76. The van der Waals surface area contributed by atoms with Gasteiger partial charge in [0.25, 0.3) is 0 Å². The number of rotatable bonds is 2. The highest BCUT2D eigenvalue weighted by Crippen LogP contribution is 2.67. The molecule has 0 amide bonds. The van der Waals surface area contributed by atoms with Crippen molar-refractivity contribution >= 4 is 11.6 Å². The molecule has 4 rings (SSSR count). The highest BCUT2D eigenvalue weighted by Gasteiger charge is 2.68. The van der Waals surface area contributed by atoms with Gasteiger partial charge in [0.05, 0.1) is 12.2 Å². The predicted octanol–water partition coefficient (Wildman–Crippen LogP) is 0.528. The Hall–Kier alpha value is -1.34. The molecule has 148 valence electrons. The molecular formula is C21H28O6. The number of aliphatic hydroxyl groups excluding tert-OH is 3. The molecule has 3 unspecified atom stereocenters. The van der Waals surface area contributed by atoms with Crippen molar-refractivity contribution in [2.45, 2.75) is 57.3 Å². The summed E-state index contributed by atoms with van der Waals surface area (Å²) in [6.07, 6.45) is 4.73. The number of ketones is 2. The van der Waals surface area contributed by atoms with Gasteiger partial charge in [0.2, 0.25) is 0 Å². The number of allylic oxidation sites excluding steroid dienone is 3. The third-order valence-corrected chi connectivity index (χ3v) is 8.27. The average Bonchev–Trinajstić information content (AvgIpc) is 2.87. The van der Waals surface area contributed by atoms with Gasteiger partial charge in [-0.1, -0.05) is 19.9 Å². The zero-order valence-electron chi connectivity index (χ0n) is 15.8. The summed E-state index contributed by atoms with van der Waals surface area (Å²) >= 11 is 0.